The van der Waals surface area contributed by atoms with Crippen molar-refractivity contribution in [1.82, 2.24) is 14.8 Å². The van der Waals surface area contributed by atoms with Gasteiger partial charge in [0.25, 0.3) is 0 Å². The summed E-state index contributed by atoms with van der Waals surface area (Å²) in [6.07, 6.45) is 5.32. The molecule has 0 radical (unpaired) electrons. The molecule has 1 atom stereocenters. The summed E-state index contributed by atoms with van der Waals surface area (Å²) >= 11 is 0. The Hall–Kier alpha value is -2.57. The number of rotatable bonds is 8. The highest BCUT2D eigenvalue weighted by Gasteiger charge is 2.32. The number of carbonyl (C=O) groups is 2. The maximum absolute atomic E-state index is 12.5. The molecule has 2 amide bonds. The molecule has 0 unspecified atom stereocenters. The molecule has 2 aliphatic heterocycles. The van der Waals surface area contributed by atoms with E-state index in [1.54, 1.807) is 15.9 Å². The Morgan fingerprint density at radius 2 is 2.27 bits per heavy atom. The van der Waals surface area contributed by atoms with E-state index in [4.69, 9.17) is 5.11 Å². The van der Waals surface area contributed by atoms with E-state index in [0.29, 0.717) is 19.6 Å². The van der Waals surface area contributed by atoms with Crippen LogP contribution in [-0.4, -0.2) is 64.1 Å². The van der Waals surface area contributed by atoms with Gasteiger partial charge in [0, 0.05) is 31.9 Å². The fourth-order valence-corrected chi connectivity index (χ4v) is 3.58. The molecule has 1 fully saturated rings. The molecule has 0 aromatic carbocycles. The van der Waals surface area contributed by atoms with E-state index in [1.165, 1.54) is 5.56 Å². The van der Waals surface area contributed by atoms with E-state index in [1.807, 2.05) is 0 Å². The van der Waals surface area contributed by atoms with Crippen molar-refractivity contribution in [2.24, 2.45) is 0 Å². The zero-order valence-electron chi connectivity index (χ0n) is 15.0. The topological polar surface area (TPSA) is 85.8 Å². The summed E-state index contributed by atoms with van der Waals surface area (Å²) in [7, 11) is 0. The molecule has 1 aromatic heterocycles. The number of carboxylic acid groups (broad SMARTS) is 1. The van der Waals surface area contributed by atoms with E-state index in [9.17, 15) is 9.59 Å². The second kappa shape index (κ2) is 8.21. The largest absolute Gasteiger partial charge is 0.481 e. The highest BCUT2D eigenvalue weighted by molar-refractivity contribution is 5.78. The van der Waals surface area contributed by atoms with Gasteiger partial charge in [-0.05, 0) is 37.3 Å². The summed E-state index contributed by atoms with van der Waals surface area (Å²) in [5.74, 6) is 0.0768. The van der Waals surface area contributed by atoms with E-state index in [0.717, 1.165) is 43.7 Å². The van der Waals surface area contributed by atoms with Gasteiger partial charge in [-0.2, -0.15) is 0 Å². The van der Waals surface area contributed by atoms with Crippen LogP contribution in [0.25, 0.3) is 0 Å². The molecule has 0 bridgehead atoms. The second-order valence-corrected chi connectivity index (χ2v) is 6.81. The minimum atomic E-state index is -0.923. The van der Waals surface area contributed by atoms with Crippen LogP contribution in [0.3, 0.4) is 0 Å². The van der Waals surface area contributed by atoms with E-state index in [2.05, 4.69) is 29.0 Å². The highest BCUT2D eigenvalue weighted by Crippen LogP contribution is 2.21. The zero-order valence-corrected chi connectivity index (χ0v) is 15.0. The molecular formula is C19H26N4O3. The lowest BCUT2D eigenvalue weighted by atomic mass is 10.1. The minimum absolute atomic E-state index is 0.101. The second-order valence-electron chi connectivity index (χ2n) is 6.81. The third-order valence-electron chi connectivity index (χ3n) is 5.00. The number of anilines is 1. The molecule has 1 saturated heterocycles. The Bertz CT molecular complexity index is 691. The average molecular weight is 358 g/mol. The lowest BCUT2D eigenvalue weighted by molar-refractivity contribution is -0.137. The lowest BCUT2D eigenvalue weighted by Gasteiger charge is -2.24. The summed E-state index contributed by atoms with van der Waals surface area (Å²) in [6, 6.07) is 3.67. The van der Waals surface area contributed by atoms with Gasteiger partial charge >= 0.3 is 12.0 Å². The monoisotopic (exact) mass is 358 g/mol. The van der Waals surface area contributed by atoms with Gasteiger partial charge in [0.2, 0.25) is 0 Å². The van der Waals surface area contributed by atoms with Crippen molar-refractivity contribution in [3.63, 3.8) is 0 Å². The van der Waals surface area contributed by atoms with Crippen molar-refractivity contribution >= 4 is 17.8 Å². The van der Waals surface area contributed by atoms with E-state index >= 15 is 0 Å². The normalized spacial score (nSPS) is 17.6. The molecule has 3 heterocycles. The number of hydrogen-bond donors (Lipinski definition) is 2. The third-order valence-corrected chi connectivity index (χ3v) is 5.00. The van der Waals surface area contributed by atoms with Crippen molar-refractivity contribution in [2.75, 3.05) is 31.5 Å². The first-order valence-corrected chi connectivity index (χ1v) is 9.21. The molecule has 0 saturated carbocycles. The van der Waals surface area contributed by atoms with Crippen LogP contribution in [-0.2, 0) is 17.6 Å². The number of aliphatic carboxylic acids is 1. The third kappa shape index (κ3) is 4.15. The van der Waals surface area contributed by atoms with Crippen molar-refractivity contribution in [3.05, 3.63) is 36.0 Å². The first-order chi connectivity index (χ1) is 12.6. The van der Waals surface area contributed by atoms with Crippen LogP contribution in [0.1, 0.15) is 30.5 Å². The van der Waals surface area contributed by atoms with Gasteiger partial charge in [-0.25, -0.2) is 9.78 Å². The van der Waals surface area contributed by atoms with Gasteiger partial charge < -0.3 is 20.2 Å². The SMILES string of the molecule is C=C[C@@H](CC(=O)O)N1CCN(CCCc2ccc3c(n2)NCCC3)C1=O. The van der Waals surface area contributed by atoms with Gasteiger partial charge in [0.05, 0.1) is 12.5 Å². The number of aryl methyl sites for hydroxylation is 2. The van der Waals surface area contributed by atoms with Crippen LogP contribution < -0.4 is 5.32 Å². The van der Waals surface area contributed by atoms with Gasteiger partial charge in [-0.15, -0.1) is 6.58 Å². The summed E-state index contributed by atoms with van der Waals surface area (Å²) in [5, 5.41) is 12.3. The number of nitrogens with zero attached hydrogens (tertiary/aromatic N) is 3. The summed E-state index contributed by atoms with van der Waals surface area (Å²) < 4.78 is 0. The van der Waals surface area contributed by atoms with Gasteiger partial charge in [0.15, 0.2) is 0 Å². The summed E-state index contributed by atoms with van der Waals surface area (Å²) in [6.45, 7) is 6.46. The summed E-state index contributed by atoms with van der Waals surface area (Å²) in [5.41, 5.74) is 2.32. The molecular weight excluding hydrogens is 332 g/mol. The van der Waals surface area contributed by atoms with Crippen LogP contribution in [0.4, 0.5) is 10.6 Å². The van der Waals surface area contributed by atoms with Crippen LogP contribution >= 0.6 is 0 Å². The fourth-order valence-electron chi connectivity index (χ4n) is 3.58. The first kappa shape index (κ1) is 18.2. The molecule has 0 aliphatic carbocycles. The highest BCUT2D eigenvalue weighted by atomic mass is 16.4. The van der Waals surface area contributed by atoms with Gasteiger partial charge in [-0.3, -0.25) is 4.79 Å². The molecule has 26 heavy (non-hydrogen) atoms. The smallest absolute Gasteiger partial charge is 0.320 e. The molecule has 3 rings (SSSR count). The summed E-state index contributed by atoms with van der Waals surface area (Å²) in [4.78, 5) is 31.5. The Morgan fingerprint density at radius 3 is 3.04 bits per heavy atom. The Kier molecular flexibility index (Phi) is 5.75. The number of nitrogens with one attached hydrogen (secondary N) is 1. The Morgan fingerprint density at radius 1 is 1.42 bits per heavy atom. The number of aromatic nitrogens is 1. The maximum Gasteiger partial charge on any atom is 0.320 e. The number of hydrogen-bond acceptors (Lipinski definition) is 4. The quantitative estimate of drug-likeness (QED) is 0.696. The Labute approximate surface area is 153 Å². The first-order valence-electron chi connectivity index (χ1n) is 9.21. The fraction of sp³-hybridized carbons (Fsp3) is 0.526. The molecule has 7 heteroatoms. The number of fused-ring (bicyclic) bond motifs is 1. The number of pyridine rings is 1. The lowest BCUT2D eigenvalue weighted by Crippen LogP contribution is -2.39. The van der Waals surface area contributed by atoms with Crippen LogP contribution in [0.5, 0.6) is 0 Å². The predicted octanol–water partition coefficient (Wildman–Crippen LogP) is 2.14. The van der Waals surface area contributed by atoms with Crippen LogP contribution in [0.15, 0.2) is 24.8 Å². The molecule has 140 valence electrons. The number of carbonyl (C=O) groups excluding carboxylic acids is 1. The van der Waals surface area contributed by atoms with Crippen molar-refractivity contribution < 1.29 is 14.7 Å². The van der Waals surface area contributed by atoms with Gasteiger partial charge in [0.1, 0.15) is 5.82 Å². The number of carboxylic acids is 1. The van der Waals surface area contributed by atoms with Crippen molar-refractivity contribution in [3.8, 4) is 0 Å². The average Bonchev–Trinajstić information content (AvgIpc) is 3.00. The minimum Gasteiger partial charge on any atom is -0.481 e. The molecule has 7 nitrogen and oxygen atoms in total. The van der Waals surface area contributed by atoms with Crippen molar-refractivity contribution in [2.45, 2.75) is 38.1 Å². The number of urea groups is 1. The molecule has 1 aromatic rings. The maximum atomic E-state index is 12.5. The zero-order chi connectivity index (χ0) is 18.5. The molecule has 2 aliphatic rings. The van der Waals surface area contributed by atoms with Crippen LogP contribution in [0, 0.1) is 0 Å². The number of amides is 2. The Balaban J connectivity index is 1.50. The van der Waals surface area contributed by atoms with E-state index in [-0.39, 0.29) is 12.5 Å². The molecule has 0 spiro atoms. The molecule has 2 N–H and O–H groups in total. The van der Waals surface area contributed by atoms with Crippen LogP contribution in [0.2, 0.25) is 0 Å². The predicted molar refractivity (Wildman–Crippen MR) is 99.3 cm³/mol. The standard InChI is InChI=1S/C19H26N4O3/c1-2-16(13-17(24)25)23-12-11-22(19(23)26)10-4-6-15-8-7-14-5-3-9-20-18(14)21-15/h2,7-8,16H,1,3-6,9-13H2,(H,20,21)(H,24,25)/t16-/m0/s1. The van der Waals surface area contributed by atoms with Gasteiger partial charge in [-0.1, -0.05) is 12.1 Å². The van der Waals surface area contributed by atoms with Crippen molar-refractivity contribution in [1.29, 1.82) is 0 Å². The van der Waals surface area contributed by atoms with E-state index < -0.39 is 12.0 Å².